The highest BCUT2D eigenvalue weighted by molar-refractivity contribution is 5.30. The molecule has 0 fully saturated rings. The lowest BCUT2D eigenvalue weighted by Gasteiger charge is -2.23. The fourth-order valence-electron chi connectivity index (χ4n) is 1.76. The Morgan fingerprint density at radius 3 is 2.18 bits per heavy atom. The molecule has 17 heavy (non-hydrogen) atoms. The second-order valence-corrected chi connectivity index (χ2v) is 5.44. The minimum Gasteiger partial charge on any atom is -0.386 e. The Hall–Kier alpha value is -0.960. The van der Waals surface area contributed by atoms with Crippen LogP contribution >= 0.6 is 0 Å². The van der Waals surface area contributed by atoms with Gasteiger partial charge in [0.2, 0.25) is 0 Å². The molecule has 0 spiro atoms. The minimum atomic E-state index is -2.84. The van der Waals surface area contributed by atoms with Crippen LogP contribution in [0, 0.1) is 5.92 Å². The normalized spacial score (nSPS) is 13.2. The lowest BCUT2D eigenvalue weighted by atomic mass is 9.92. The molecule has 0 aliphatic carbocycles. The predicted molar refractivity (Wildman–Crippen MR) is 65.0 cm³/mol. The van der Waals surface area contributed by atoms with Crippen molar-refractivity contribution in [1.82, 2.24) is 0 Å². The van der Waals surface area contributed by atoms with Crippen molar-refractivity contribution in [2.24, 2.45) is 5.92 Å². The number of hydrogen-bond donors (Lipinski definition) is 1. The minimum absolute atomic E-state index is 0.0224. The monoisotopic (exact) mass is 242 g/mol. The van der Waals surface area contributed by atoms with Gasteiger partial charge in [0.1, 0.15) is 0 Å². The zero-order chi connectivity index (χ0) is 13.3. The van der Waals surface area contributed by atoms with Gasteiger partial charge in [0, 0.05) is 12.0 Å². The van der Waals surface area contributed by atoms with Gasteiger partial charge < -0.3 is 5.11 Å². The average Bonchev–Trinajstić information content (AvgIpc) is 2.14. The van der Waals surface area contributed by atoms with Crippen LogP contribution in [0.5, 0.6) is 0 Å². The first-order valence-corrected chi connectivity index (χ1v) is 5.84. The van der Waals surface area contributed by atoms with Gasteiger partial charge in [-0.1, -0.05) is 32.0 Å². The van der Waals surface area contributed by atoms with E-state index in [4.69, 9.17) is 0 Å². The van der Waals surface area contributed by atoms with Crippen LogP contribution in [0.1, 0.15) is 45.2 Å². The molecule has 0 radical (unpaired) electrons. The van der Waals surface area contributed by atoms with Gasteiger partial charge >= 0.3 is 0 Å². The molecule has 1 rings (SSSR count). The summed E-state index contributed by atoms with van der Waals surface area (Å²) in [5.41, 5.74) is -0.603. The maximum absolute atomic E-state index is 13.9. The van der Waals surface area contributed by atoms with Crippen LogP contribution in [0.15, 0.2) is 24.3 Å². The predicted octanol–water partition coefficient (Wildman–Crippen LogP) is 4.05. The standard InChI is InChI=1S/C14H20F2O/c1-10(2)9-14(15,16)12-7-5-6-11(8-12)13(3,4)17/h5-8,10,17H,9H2,1-4H3. The number of hydrogen-bond acceptors (Lipinski definition) is 1. The topological polar surface area (TPSA) is 20.2 Å². The molecule has 0 bridgehead atoms. The van der Waals surface area contributed by atoms with Crippen molar-refractivity contribution in [3.8, 4) is 0 Å². The summed E-state index contributed by atoms with van der Waals surface area (Å²) < 4.78 is 27.8. The average molecular weight is 242 g/mol. The molecule has 0 saturated carbocycles. The highest BCUT2D eigenvalue weighted by Crippen LogP contribution is 2.36. The highest BCUT2D eigenvalue weighted by atomic mass is 19.3. The fourth-order valence-corrected chi connectivity index (χ4v) is 1.76. The van der Waals surface area contributed by atoms with E-state index in [1.807, 2.05) is 0 Å². The van der Waals surface area contributed by atoms with Gasteiger partial charge in [-0.2, -0.15) is 0 Å². The summed E-state index contributed by atoms with van der Waals surface area (Å²) in [5.74, 6) is -2.91. The summed E-state index contributed by atoms with van der Waals surface area (Å²) in [4.78, 5) is 0. The van der Waals surface area contributed by atoms with E-state index in [2.05, 4.69) is 0 Å². The van der Waals surface area contributed by atoms with E-state index >= 15 is 0 Å². The Balaban J connectivity index is 3.07. The maximum Gasteiger partial charge on any atom is 0.273 e. The Morgan fingerprint density at radius 2 is 1.71 bits per heavy atom. The maximum atomic E-state index is 13.9. The van der Waals surface area contributed by atoms with Gasteiger partial charge in [0.15, 0.2) is 0 Å². The second kappa shape index (κ2) is 4.73. The van der Waals surface area contributed by atoms with Crippen LogP contribution in [0.25, 0.3) is 0 Å². The molecule has 0 saturated heterocycles. The van der Waals surface area contributed by atoms with E-state index in [1.165, 1.54) is 12.1 Å². The van der Waals surface area contributed by atoms with Gasteiger partial charge in [-0.15, -0.1) is 0 Å². The third kappa shape index (κ3) is 3.77. The Kier molecular flexibility index (Phi) is 3.92. The van der Waals surface area contributed by atoms with Gasteiger partial charge in [-0.3, -0.25) is 0 Å². The first-order chi connectivity index (χ1) is 7.63. The van der Waals surface area contributed by atoms with Crippen molar-refractivity contribution < 1.29 is 13.9 Å². The Morgan fingerprint density at radius 1 is 1.18 bits per heavy atom. The molecule has 0 aromatic heterocycles. The van der Waals surface area contributed by atoms with Crippen LogP contribution in [-0.2, 0) is 11.5 Å². The smallest absolute Gasteiger partial charge is 0.273 e. The number of halogens is 2. The zero-order valence-corrected chi connectivity index (χ0v) is 10.8. The van der Waals surface area contributed by atoms with Crippen molar-refractivity contribution in [2.75, 3.05) is 0 Å². The molecule has 1 aromatic carbocycles. The van der Waals surface area contributed by atoms with E-state index < -0.39 is 11.5 Å². The van der Waals surface area contributed by atoms with E-state index in [0.29, 0.717) is 5.56 Å². The molecular weight excluding hydrogens is 222 g/mol. The molecule has 96 valence electrons. The Labute approximate surface area is 101 Å². The van der Waals surface area contributed by atoms with Crippen molar-refractivity contribution in [2.45, 2.75) is 45.6 Å². The van der Waals surface area contributed by atoms with Crippen molar-refractivity contribution >= 4 is 0 Å². The fraction of sp³-hybridized carbons (Fsp3) is 0.571. The third-order valence-electron chi connectivity index (χ3n) is 2.66. The van der Waals surface area contributed by atoms with Crippen LogP contribution in [-0.4, -0.2) is 5.11 Å². The largest absolute Gasteiger partial charge is 0.386 e. The van der Waals surface area contributed by atoms with Crippen LogP contribution in [0.3, 0.4) is 0 Å². The van der Waals surface area contributed by atoms with E-state index in [9.17, 15) is 13.9 Å². The summed E-state index contributed by atoms with van der Waals surface area (Å²) in [7, 11) is 0. The van der Waals surface area contributed by atoms with E-state index in [1.54, 1.807) is 39.8 Å². The molecule has 0 unspecified atom stereocenters. The lowest BCUT2D eigenvalue weighted by molar-refractivity contribution is -0.0253. The summed E-state index contributed by atoms with van der Waals surface area (Å²) in [6.45, 7) is 6.72. The lowest BCUT2D eigenvalue weighted by Crippen LogP contribution is -2.20. The molecule has 3 heteroatoms. The van der Waals surface area contributed by atoms with Gasteiger partial charge in [-0.05, 0) is 31.4 Å². The number of rotatable bonds is 4. The summed E-state index contributed by atoms with van der Waals surface area (Å²) in [5, 5.41) is 9.82. The van der Waals surface area contributed by atoms with Crippen molar-refractivity contribution in [3.63, 3.8) is 0 Å². The van der Waals surface area contributed by atoms with Gasteiger partial charge in [0.25, 0.3) is 5.92 Å². The number of benzene rings is 1. The van der Waals surface area contributed by atoms with Gasteiger partial charge in [0.05, 0.1) is 5.60 Å². The first-order valence-electron chi connectivity index (χ1n) is 5.84. The molecule has 0 aliphatic heterocycles. The Bertz CT molecular complexity index is 378. The quantitative estimate of drug-likeness (QED) is 0.844. The molecule has 1 N–H and O–H groups in total. The van der Waals surface area contributed by atoms with Crippen LogP contribution in [0.4, 0.5) is 8.78 Å². The molecule has 1 nitrogen and oxygen atoms in total. The molecule has 0 heterocycles. The molecule has 0 atom stereocenters. The summed E-state index contributed by atoms with van der Waals surface area (Å²) >= 11 is 0. The number of alkyl halides is 2. The van der Waals surface area contributed by atoms with E-state index in [0.717, 1.165) is 0 Å². The second-order valence-electron chi connectivity index (χ2n) is 5.44. The van der Waals surface area contributed by atoms with E-state index in [-0.39, 0.29) is 17.9 Å². The molecular formula is C14H20F2O. The zero-order valence-electron chi connectivity index (χ0n) is 10.8. The SMILES string of the molecule is CC(C)CC(F)(F)c1cccc(C(C)(C)O)c1. The first kappa shape index (κ1) is 14.1. The molecule has 1 aromatic rings. The molecule has 0 aliphatic rings. The summed E-state index contributed by atoms with van der Waals surface area (Å²) in [6, 6.07) is 6.03. The highest BCUT2D eigenvalue weighted by Gasteiger charge is 2.33. The summed E-state index contributed by atoms with van der Waals surface area (Å²) in [6.07, 6.45) is -0.178. The van der Waals surface area contributed by atoms with Crippen LogP contribution < -0.4 is 0 Å². The van der Waals surface area contributed by atoms with Crippen LogP contribution in [0.2, 0.25) is 0 Å². The van der Waals surface area contributed by atoms with Gasteiger partial charge in [-0.25, -0.2) is 8.78 Å². The van der Waals surface area contributed by atoms with Crippen molar-refractivity contribution in [1.29, 1.82) is 0 Å². The van der Waals surface area contributed by atoms with Crippen molar-refractivity contribution in [3.05, 3.63) is 35.4 Å². The molecule has 0 amide bonds. The third-order valence-corrected chi connectivity index (χ3v) is 2.66. The number of aliphatic hydroxyl groups is 1.